The fourth-order valence-electron chi connectivity index (χ4n) is 2.13. The Bertz CT molecular complexity index is 631. The van der Waals surface area contributed by atoms with Crippen LogP contribution in [-0.4, -0.2) is 43.0 Å². The molecular weight excluding hydrogens is 293 g/mol. The number of urea groups is 1. The average Bonchev–Trinajstić information content (AvgIpc) is 2.53. The van der Waals surface area contributed by atoms with Crippen LogP contribution >= 0.6 is 0 Å². The molecule has 5 heteroatoms. The molecule has 1 N–H and O–H groups in total. The van der Waals surface area contributed by atoms with Crippen LogP contribution in [0, 0.1) is 5.82 Å². The second kappa shape index (κ2) is 8.29. The topological polar surface area (TPSA) is 35.6 Å². The molecule has 0 saturated heterocycles. The summed E-state index contributed by atoms with van der Waals surface area (Å²) < 4.78 is 13.9. The fourth-order valence-corrected chi connectivity index (χ4v) is 2.13. The van der Waals surface area contributed by atoms with Gasteiger partial charge in [0, 0.05) is 24.3 Å². The maximum absolute atomic E-state index is 13.9. The summed E-state index contributed by atoms with van der Waals surface area (Å²) in [7, 11) is 3.88. The van der Waals surface area contributed by atoms with Crippen LogP contribution in [-0.2, 0) is 6.54 Å². The van der Waals surface area contributed by atoms with E-state index in [1.807, 2.05) is 49.3 Å². The number of carbonyl (C=O) groups is 1. The molecule has 0 unspecified atom stereocenters. The summed E-state index contributed by atoms with van der Waals surface area (Å²) in [6, 6.07) is 15.6. The lowest BCUT2D eigenvalue weighted by Gasteiger charge is -2.25. The Labute approximate surface area is 136 Å². The Morgan fingerprint density at radius 3 is 2.30 bits per heavy atom. The maximum Gasteiger partial charge on any atom is 0.322 e. The van der Waals surface area contributed by atoms with Crippen molar-refractivity contribution in [3.63, 3.8) is 0 Å². The van der Waals surface area contributed by atoms with Crippen molar-refractivity contribution in [2.45, 2.75) is 6.54 Å². The third-order valence-corrected chi connectivity index (χ3v) is 3.45. The van der Waals surface area contributed by atoms with Gasteiger partial charge < -0.3 is 15.1 Å². The van der Waals surface area contributed by atoms with E-state index < -0.39 is 0 Å². The number of halogens is 1. The molecule has 0 aliphatic carbocycles. The van der Waals surface area contributed by atoms with E-state index in [0.29, 0.717) is 18.7 Å². The highest BCUT2D eigenvalue weighted by molar-refractivity contribution is 5.89. The minimum Gasteiger partial charge on any atom is -0.319 e. The van der Waals surface area contributed by atoms with Crippen LogP contribution in [0.1, 0.15) is 5.56 Å². The predicted molar refractivity (Wildman–Crippen MR) is 90.8 cm³/mol. The van der Waals surface area contributed by atoms with E-state index in [2.05, 4.69) is 5.32 Å². The molecule has 0 atom stereocenters. The minimum atomic E-state index is -0.296. The van der Waals surface area contributed by atoms with Crippen molar-refractivity contribution in [3.8, 4) is 0 Å². The van der Waals surface area contributed by atoms with Gasteiger partial charge in [0.25, 0.3) is 0 Å². The SMILES string of the molecule is CN(C)CCN(Cc1ccccc1F)C(=O)Nc1ccccc1. The van der Waals surface area contributed by atoms with Gasteiger partial charge in [-0.1, -0.05) is 36.4 Å². The predicted octanol–water partition coefficient (Wildman–Crippen LogP) is 3.42. The van der Waals surface area contributed by atoms with Crippen molar-refractivity contribution < 1.29 is 9.18 Å². The van der Waals surface area contributed by atoms with Crippen LogP contribution in [0.15, 0.2) is 54.6 Å². The summed E-state index contributed by atoms with van der Waals surface area (Å²) in [5.74, 6) is -0.296. The molecule has 2 amide bonds. The maximum atomic E-state index is 13.9. The van der Waals surface area contributed by atoms with Crippen molar-refractivity contribution in [2.24, 2.45) is 0 Å². The Balaban J connectivity index is 2.09. The average molecular weight is 315 g/mol. The third-order valence-electron chi connectivity index (χ3n) is 3.45. The van der Waals surface area contributed by atoms with E-state index >= 15 is 0 Å². The molecule has 2 aromatic rings. The van der Waals surface area contributed by atoms with E-state index in [0.717, 1.165) is 5.69 Å². The number of carbonyl (C=O) groups excluding carboxylic acids is 1. The van der Waals surface area contributed by atoms with E-state index in [9.17, 15) is 9.18 Å². The van der Waals surface area contributed by atoms with Crippen LogP contribution in [0.4, 0.5) is 14.9 Å². The first-order valence-electron chi connectivity index (χ1n) is 7.55. The van der Waals surface area contributed by atoms with E-state index in [1.54, 1.807) is 23.1 Å². The fraction of sp³-hybridized carbons (Fsp3) is 0.278. The lowest BCUT2D eigenvalue weighted by atomic mass is 10.2. The number of hydrogen-bond acceptors (Lipinski definition) is 2. The molecule has 0 saturated carbocycles. The van der Waals surface area contributed by atoms with Crippen LogP contribution in [0.25, 0.3) is 0 Å². The highest BCUT2D eigenvalue weighted by atomic mass is 19.1. The van der Waals surface area contributed by atoms with Gasteiger partial charge in [-0.3, -0.25) is 0 Å². The Morgan fingerprint density at radius 1 is 1.00 bits per heavy atom. The number of rotatable bonds is 6. The third kappa shape index (κ3) is 5.38. The number of benzene rings is 2. The van der Waals surface area contributed by atoms with Gasteiger partial charge in [0.2, 0.25) is 0 Å². The normalized spacial score (nSPS) is 10.6. The standard InChI is InChI=1S/C18H22FN3O/c1-21(2)12-13-22(14-15-8-6-7-11-17(15)19)18(23)20-16-9-4-3-5-10-16/h3-11H,12-14H2,1-2H3,(H,20,23). The monoisotopic (exact) mass is 315 g/mol. The summed E-state index contributed by atoms with van der Waals surface area (Å²) in [6.45, 7) is 1.45. The van der Waals surface area contributed by atoms with Gasteiger partial charge in [0.1, 0.15) is 5.82 Å². The Hall–Kier alpha value is -2.40. The molecule has 2 aromatic carbocycles. The van der Waals surface area contributed by atoms with Crippen molar-refractivity contribution in [1.29, 1.82) is 0 Å². The first-order chi connectivity index (χ1) is 11.1. The van der Waals surface area contributed by atoms with Gasteiger partial charge in [-0.2, -0.15) is 0 Å². The number of hydrogen-bond donors (Lipinski definition) is 1. The molecule has 0 aromatic heterocycles. The van der Waals surface area contributed by atoms with Crippen molar-refractivity contribution in [1.82, 2.24) is 9.80 Å². The van der Waals surface area contributed by atoms with Crippen molar-refractivity contribution >= 4 is 11.7 Å². The molecule has 122 valence electrons. The van der Waals surface area contributed by atoms with Crippen molar-refractivity contribution in [2.75, 3.05) is 32.5 Å². The smallest absolute Gasteiger partial charge is 0.319 e. The molecule has 0 bridgehead atoms. The molecule has 0 spiro atoms. The van der Waals surface area contributed by atoms with Crippen LogP contribution < -0.4 is 5.32 Å². The number of likely N-dealkylation sites (N-methyl/N-ethyl adjacent to an activating group) is 1. The van der Waals surface area contributed by atoms with E-state index in [4.69, 9.17) is 0 Å². The summed E-state index contributed by atoms with van der Waals surface area (Å²) in [4.78, 5) is 16.1. The quantitative estimate of drug-likeness (QED) is 0.886. The Kier molecular flexibility index (Phi) is 6.11. The largest absolute Gasteiger partial charge is 0.322 e. The van der Waals surface area contributed by atoms with Gasteiger partial charge in [0.05, 0.1) is 6.54 Å². The van der Waals surface area contributed by atoms with Gasteiger partial charge >= 0.3 is 6.03 Å². The summed E-state index contributed by atoms with van der Waals surface area (Å²) in [6.07, 6.45) is 0. The zero-order chi connectivity index (χ0) is 16.7. The van der Waals surface area contributed by atoms with Crippen LogP contribution in [0.2, 0.25) is 0 Å². The van der Waals surface area contributed by atoms with Gasteiger partial charge in [0.15, 0.2) is 0 Å². The lowest BCUT2D eigenvalue weighted by Crippen LogP contribution is -2.39. The highest BCUT2D eigenvalue weighted by Crippen LogP contribution is 2.12. The molecule has 0 radical (unpaired) electrons. The molecule has 4 nitrogen and oxygen atoms in total. The molecule has 0 heterocycles. The Morgan fingerprint density at radius 2 is 1.65 bits per heavy atom. The van der Waals surface area contributed by atoms with Crippen molar-refractivity contribution in [3.05, 3.63) is 66.0 Å². The number of nitrogens with one attached hydrogen (secondary N) is 1. The molecule has 0 aliphatic rings. The molecule has 23 heavy (non-hydrogen) atoms. The lowest BCUT2D eigenvalue weighted by molar-refractivity contribution is 0.201. The highest BCUT2D eigenvalue weighted by Gasteiger charge is 2.16. The molecule has 2 rings (SSSR count). The van der Waals surface area contributed by atoms with Gasteiger partial charge in [-0.15, -0.1) is 0 Å². The summed E-state index contributed by atoms with van der Waals surface area (Å²) in [5, 5.41) is 2.85. The number of amides is 2. The van der Waals surface area contributed by atoms with E-state index in [-0.39, 0.29) is 18.4 Å². The number of anilines is 1. The first-order valence-corrected chi connectivity index (χ1v) is 7.55. The van der Waals surface area contributed by atoms with Crippen LogP contribution in [0.3, 0.4) is 0 Å². The zero-order valence-corrected chi connectivity index (χ0v) is 13.5. The van der Waals surface area contributed by atoms with E-state index in [1.165, 1.54) is 6.07 Å². The second-order valence-corrected chi connectivity index (χ2v) is 5.61. The summed E-state index contributed by atoms with van der Waals surface area (Å²) >= 11 is 0. The second-order valence-electron chi connectivity index (χ2n) is 5.61. The minimum absolute atomic E-state index is 0.235. The van der Waals surface area contributed by atoms with Crippen LogP contribution in [0.5, 0.6) is 0 Å². The first kappa shape index (κ1) is 17.0. The van der Waals surface area contributed by atoms with Gasteiger partial charge in [-0.25, -0.2) is 9.18 Å². The zero-order valence-electron chi connectivity index (χ0n) is 13.5. The number of para-hydroxylation sites is 1. The molecule has 0 fully saturated rings. The van der Waals surface area contributed by atoms with Gasteiger partial charge in [-0.05, 0) is 32.3 Å². The summed E-state index contributed by atoms with van der Waals surface area (Å²) in [5.41, 5.74) is 1.23. The molecular formula is C18H22FN3O. The number of nitrogens with zero attached hydrogens (tertiary/aromatic N) is 2. The molecule has 0 aliphatic heterocycles.